The molecule has 0 saturated heterocycles. The molecule has 2 aliphatic rings. The van der Waals surface area contributed by atoms with Gasteiger partial charge in [0, 0.05) is 37.8 Å². The Morgan fingerprint density at radius 3 is 2.86 bits per heavy atom. The quantitative estimate of drug-likeness (QED) is 0.897. The summed E-state index contributed by atoms with van der Waals surface area (Å²) >= 11 is 0. The van der Waals surface area contributed by atoms with Crippen LogP contribution in [0.15, 0.2) is 24.3 Å². The van der Waals surface area contributed by atoms with Gasteiger partial charge in [-0.1, -0.05) is 31.0 Å². The zero-order valence-electron chi connectivity index (χ0n) is 12.6. The van der Waals surface area contributed by atoms with Crippen molar-refractivity contribution in [2.24, 2.45) is 5.92 Å². The van der Waals surface area contributed by atoms with Crippen LogP contribution in [0.1, 0.15) is 43.7 Å². The Bertz CT molecular complexity index is 517. The lowest BCUT2D eigenvalue weighted by Crippen LogP contribution is -2.45. The van der Waals surface area contributed by atoms with Crippen LogP contribution in [0.2, 0.25) is 0 Å². The van der Waals surface area contributed by atoms with Crippen LogP contribution in [0.25, 0.3) is 0 Å². The molecule has 1 aliphatic heterocycles. The highest BCUT2D eigenvalue weighted by molar-refractivity contribution is 5.96. The Balaban J connectivity index is 1.82. The third-order valence-corrected chi connectivity index (χ3v) is 4.99. The molecule has 1 amide bonds. The molecule has 1 aliphatic carbocycles. The van der Waals surface area contributed by atoms with Crippen molar-refractivity contribution < 1.29 is 9.90 Å². The number of nitrogens with one attached hydrogen (secondary N) is 1. The van der Waals surface area contributed by atoms with Gasteiger partial charge in [0.05, 0.1) is 0 Å². The number of amides is 1. The van der Waals surface area contributed by atoms with Gasteiger partial charge >= 0.3 is 0 Å². The van der Waals surface area contributed by atoms with E-state index in [0.717, 1.165) is 18.5 Å². The van der Waals surface area contributed by atoms with Gasteiger partial charge < -0.3 is 15.3 Å². The maximum absolute atomic E-state index is 12.2. The Kier molecular flexibility index (Phi) is 4.27. The van der Waals surface area contributed by atoms with Gasteiger partial charge in [-0.3, -0.25) is 4.79 Å². The molecular formula is C17H24N2O2. The number of benzene rings is 1. The van der Waals surface area contributed by atoms with Crippen molar-refractivity contribution in [3.8, 4) is 0 Å². The van der Waals surface area contributed by atoms with Gasteiger partial charge in [0.15, 0.2) is 0 Å². The second-order valence-electron chi connectivity index (χ2n) is 6.27. The summed E-state index contributed by atoms with van der Waals surface area (Å²) in [7, 11) is 1.84. The molecule has 0 radical (unpaired) electrons. The molecule has 0 aromatic heterocycles. The Morgan fingerprint density at radius 2 is 2.05 bits per heavy atom. The summed E-state index contributed by atoms with van der Waals surface area (Å²) in [6.45, 7) is 0.236. The van der Waals surface area contributed by atoms with Crippen molar-refractivity contribution >= 4 is 11.6 Å². The van der Waals surface area contributed by atoms with Crippen LogP contribution in [-0.4, -0.2) is 30.7 Å². The summed E-state index contributed by atoms with van der Waals surface area (Å²) in [5, 5.41) is 13.2. The first kappa shape index (κ1) is 14.5. The van der Waals surface area contributed by atoms with Gasteiger partial charge in [0.1, 0.15) is 0 Å². The SMILES string of the molecule is CN1C(=O)CC(NC2CCCCC2CO)c2ccccc21. The van der Waals surface area contributed by atoms with Crippen molar-refractivity contribution in [1.82, 2.24) is 5.32 Å². The van der Waals surface area contributed by atoms with Gasteiger partial charge in [0.2, 0.25) is 5.91 Å². The van der Waals surface area contributed by atoms with E-state index < -0.39 is 0 Å². The molecule has 0 spiro atoms. The normalized spacial score (nSPS) is 29.3. The number of aliphatic hydroxyl groups is 1. The first-order chi connectivity index (χ1) is 10.2. The number of aliphatic hydroxyl groups excluding tert-OH is 1. The molecule has 3 rings (SSSR count). The van der Waals surface area contributed by atoms with Gasteiger partial charge in [-0.2, -0.15) is 0 Å². The van der Waals surface area contributed by atoms with Crippen molar-refractivity contribution in [1.29, 1.82) is 0 Å². The van der Waals surface area contributed by atoms with Crippen molar-refractivity contribution in [3.05, 3.63) is 29.8 Å². The predicted octanol–water partition coefficient (Wildman–Crippen LogP) is 2.23. The molecule has 4 heteroatoms. The van der Waals surface area contributed by atoms with Crippen LogP contribution in [0.3, 0.4) is 0 Å². The molecule has 1 aromatic rings. The number of fused-ring (bicyclic) bond motifs is 1. The maximum atomic E-state index is 12.2. The van der Waals surface area contributed by atoms with Gasteiger partial charge in [-0.15, -0.1) is 0 Å². The molecule has 3 unspecified atom stereocenters. The van der Waals surface area contributed by atoms with Crippen molar-refractivity contribution in [3.63, 3.8) is 0 Å². The average Bonchev–Trinajstić information content (AvgIpc) is 2.53. The summed E-state index contributed by atoms with van der Waals surface area (Å²) in [6.07, 6.45) is 5.08. The lowest BCUT2D eigenvalue weighted by atomic mass is 9.83. The van der Waals surface area contributed by atoms with E-state index in [2.05, 4.69) is 11.4 Å². The summed E-state index contributed by atoms with van der Waals surface area (Å²) in [4.78, 5) is 13.9. The number of hydrogen-bond acceptors (Lipinski definition) is 3. The minimum Gasteiger partial charge on any atom is -0.396 e. The summed E-state index contributed by atoms with van der Waals surface area (Å²) in [6, 6.07) is 8.50. The van der Waals surface area contributed by atoms with Crippen LogP contribution in [0.5, 0.6) is 0 Å². The average molecular weight is 288 g/mol. The number of hydrogen-bond donors (Lipinski definition) is 2. The molecule has 3 atom stereocenters. The molecule has 1 saturated carbocycles. The van der Waals surface area contributed by atoms with E-state index in [1.165, 1.54) is 18.4 Å². The third kappa shape index (κ3) is 2.83. The predicted molar refractivity (Wildman–Crippen MR) is 83.2 cm³/mol. The van der Waals surface area contributed by atoms with E-state index in [-0.39, 0.29) is 18.6 Å². The third-order valence-electron chi connectivity index (χ3n) is 4.99. The fraction of sp³-hybridized carbons (Fsp3) is 0.588. The molecule has 2 N–H and O–H groups in total. The van der Waals surface area contributed by atoms with Crippen LogP contribution in [-0.2, 0) is 4.79 Å². The zero-order chi connectivity index (χ0) is 14.8. The molecule has 1 heterocycles. The second kappa shape index (κ2) is 6.16. The Hall–Kier alpha value is -1.39. The molecule has 1 fully saturated rings. The smallest absolute Gasteiger partial charge is 0.228 e. The highest BCUT2D eigenvalue weighted by Crippen LogP contribution is 2.35. The lowest BCUT2D eigenvalue weighted by Gasteiger charge is -2.38. The molecule has 4 nitrogen and oxygen atoms in total. The number of para-hydroxylation sites is 1. The summed E-state index contributed by atoms with van der Waals surface area (Å²) in [5.74, 6) is 0.475. The highest BCUT2D eigenvalue weighted by atomic mass is 16.3. The van der Waals surface area contributed by atoms with E-state index in [9.17, 15) is 9.90 Å². The number of rotatable bonds is 3. The number of anilines is 1. The molecule has 21 heavy (non-hydrogen) atoms. The van der Waals surface area contributed by atoms with Crippen LogP contribution >= 0.6 is 0 Å². The molecule has 114 valence electrons. The minimum absolute atomic E-state index is 0.0713. The Morgan fingerprint density at radius 1 is 1.29 bits per heavy atom. The van der Waals surface area contributed by atoms with E-state index in [4.69, 9.17) is 0 Å². The zero-order valence-corrected chi connectivity index (χ0v) is 12.6. The van der Waals surface area contributed by atoms with Crippen molar-refractivity contribution in [2.45, 2.75) is 44.2 Å². The largest absolute Gasteiger partial charge is 0.396 e. The van der Waals surface area contributed by atoms with Gasteiger partial charge in [-0.25, -0.2) is 0 Å². The second-order valence-corrected chi connectivity index (χ2v) is 6.27. The first-order valence-electron chi connectivity index (χ1n) is 7.93. The Labute approximate surface area is 126 Å². The lowest BCUT2D eigenvalue weighted by molar-refractivity contribution is -0.119. The number of carbonyl (C=O) groups excluding carboxylic acids is 1. The topological polar surface area (TPSA) is 52.6 Å². The standard InChI is InChI=1S/C17H24N2O2/c1-19-16-9-5-3-7-13(16)15(10-17(19)21)18-14-8-4-2-6-12(14)11-20/h3,5,7,9,12,14-15,18,20H,2,4,6,8,10-11H2,1H3. The summed E-state index contributed by atoms with van der Waals surface area (Å²) in [5.41, 5.74) is 2.20. The minimum atomic E-state index is 0.0713. The van der Waals surface area contributed by atoms with E-state index in [0.29, 0.717) is 18.4 Å². The van der Waals surface area contributed by atoms with Crippen molar-refractivity contribution in [2.75, 3.05) is 18.6 Å². The fourth-order valence-corrected chi connectivity index (χ4v) is 3.70. The number of nitrogens with zero attached hydrogens (tertiary/aromatic N) is 1. The fourth-order valence-electron chi connectivity index (χ4n) is 3.70. The van der Waals surface area contributed by atoms with Crippen LogP contribution in [0, 0.1) is 5.92 Å². The van der Waals surface area contributed by atoms with Crippen LogP contribution in [0.4, 0.5) is 5.69 Å². The first-order valence-corrected chi connectivity index (χ1v) is 7.93. The molecule has 1 aromatic carbocycles. The van der Waals surface area contributed by atoms with E-state index in [1.807, 2.05) is 25.2 Å². The monoisotopic (exact) mass is 288 g/mol. The summed E-state index contributed by atoms with van der Waals surface area (Å²) < 4.78 is 0. The van der Waals surface area contributed by atoms with Gasteiger partial charge in [0.25, 0.3) is 0 Å². The van der Waals surface area contributed by atoms with E-state index in [1.54, 1.807) is 4.90 Å². The van der Waals surface area contributed by atoms with Gasteiger partial charge in [-0.05, 0) is 30.4 Å². The van der Waals surface area contributed by atoms with Crippen LogP contribution < -0.4 is 10.2 Å². The van der Waals surface area contributed by atoms with E-state index >= 15 is 0 Å². The molecular weight excluding hydrogens is 264 g/mol. The number of carbonyl (C=O) groups is 1. The highest BCUT2D eigenvalue weighted by Gasteiger charge is 2.33. The maximum Gasteiger partial charge on any atom is 0.228 e. The molecule has 0 bridgehead atoms.